The van der Waals surface area contributed by atoms with Gasteiger partial charge < -0.3 is 34.7 Å². The van der Waals surface area contributed by atoms with Gasteiger partial charge >= 0.3 is 0 Å². The first-order valence-electron chi connectivity index (χ1n) is 11.0. The lowest BCUT2D eigenvalue weighted by molar-refractivity contribution is 0.104. The topological polar surface area (TPSA) is 101 Å². The molecular weight excluding hydrogens is 460 g/mol. The lowest BCUT2D eigenvalue weighted by atomic mass is 10.1. The molecular formula is C28H30N2O6. The van der Waals surface area contributed by atoms with Crippen molar-refractivity contribution in [2.45, 2.75) is 0 Å². The molecule has 0 aromatic heterocycles. The molecule has 0 spiro atoms. The zero-order valence-electron chi connectivity index (χ0n) is 21.0. The van der Waals surface area contributed by atoms with Crippen molar-refractivity contribution in [1.82, 2.24) is 0 Å². The quantitative estimate of drug-likeness (QED) is 0.162. The van der Waals surface area contributed by atoms with Crippen LogP contribution in [0.4, 0.5) is 11.4 Å². The van der Waals surface area contributed by atoms with E-state index in [2.05, 4.69) is 5.32 Å². The molecule has 0 amide bonds. The van der Waals surface area contributed by atoms with Crippen LogP contribution in [-0.4, -0.2) is 41.3 Å². The number of nitrogens with one attached hydrogen (secondary N) is 1. The van der Waals surface area contributed by atoms with Gasteiger partial charge in [0, 0.05) is 40.8 Å². The van der Waals surface area contributed by atoms with Crippen molar-refractivity contribution in [3.8, 4) is 28.7 Å². The Morgan fingerprint density at radius 3 is 1.89 bits per heavy atom. The Kier molecular flexibility index (Phi) is 8.83. The number of methoxy groups -OCH3 is 5. The number of nitrogens with two attached hydrogens (primary N) is 1. The molecule has 3 aromatic rings. The Hall–Kier alpha value is -4.59. The number of ether oxygens (including phenoxy) is 5. The van der Waals surface area contributed by atoms with Gasteiger partial charge in [-0.2, -0.15) is 0 Å². The first kappa shape index (κ1) is 26.0. The van der Waals surface area contributed by atoms with Crippen molar-refractivity contribution in [3.05, 3.63) is 77.5 Å². The first-order valence-corrected chi connectivity index (χ1v) is 11.0. The number of allylic oxidation sites excluding steroid dienone is 1. The number of benzene rings is 3. The molecule has 3 N–H and O–H groups in total. The highest BCUT2D eigenvalue weighted by Gasteiger charge is 2.13. The molecule has 0 saturated carbocycles. The third-order valence-electron chi connectivity index (χ3n) is 5.37. The Morgan fingerprint density at radius 2 is 1.33 bits per heavy atom. The monoisotopic (exact) mass is 490 g/mol. The van der Waals surface area contributed by atoms with E-state index in [1.54, 1.807) is 72.1 Å². The highest BCUT2D eigenvalue weighted by Crippen LogP contribution is 2.39. The molecule has 0 fully saturated rings. The van der Waals surface area contributed by atoms with E-state index in [0.717, 1.165) is 11.1 Å². The summed E-state index contributed by atoms with van der Waals surface area (Å²) in [7, 11) is 7.83. The molecule has 8 heteroatoms. The number of anilines is 2. The summed E-state index contributed by atoms with van der Waals surface area (Å²) in [4.78, 5) is 12.5. The summed E-state index contributed by atoms with van der Waals surface area (Å²) in [6.07, 6.45) is 6.84. The third-order valence-corrected chi connectivity index (χ3v) is 5.37. The van der Waals surface area contributed by atoms with Crippen LogP contribution >= 0.6 is 0 Å². The van der Waals surface area contributed by atoms with Gasteiger partial charge in [0.15, 0.2) is 28.8 Å². The average molecular weight is 491 g/mol. The molecule has 0 saturated heterocycles. The van der Waals surface area contributed by atoms with Crippen LogP contribution in [0.3, 0.4) is 0 Å². The molecule has 36 heavy (non-hydrogen) atoms. The largest absolute Gasteiger partial charge is 0.493 e. The summed E-state index contributed by atoms with van der Waals surface area (Å²) in [5.41, 5.74) is 9.17. The Morgan fingerprint density at radius 1 is 0.750 bits per heavy atom. The van der Waals surface area contributed by atoms with Gasteiger partial charge in [0.1, 0.15) is 0 Å². The minimum absolute atomic E-state index is 0.155. The van der Waals surface area contributed by atoms with Crippen LogP contribution in [0.1, 0.15) is 21.5 Å². The molecule has 0 radical (unpaired) electrons. The van der Waals surface area contributed by atoms with Gasteiger partial charge in [0.05, 0.1) is 35.5 Å². The second-order valence-electron chi connectivity index (χ2n) is 7.55. The van der Waals surface area contributed by atoms with E-state index in [1.165, 1.54) is 6.08 Å². The summed E-state index contributed by atoms with van der Waals surface area (Å²) < 4.78 is 27.2. The number of nitrogen functional groups attached to an aromatic ring is 1. The molecule has 0 atom stereocenters. The van der Waals surface area contributed by atoms with Crippen molar-refractivity contribution >= 4 is 29.3 Å². The zero-order chi connectivity index (χ0) is 26.1. The Balaban J connectivity index is 1.93. The SMILES string of the molecule is COc1cc(C=Cc2cc(OC)c(OC)c(OC)c2)c(NC=CC(=O)c2ccc(N)cc2)cc1OC. The molecule has 0 aliphatic rings. The lowest BCUT2D eigenvalue weighted by Gasteiger charge is -2.14. The van der Waals surface area contributed by atoms with Gasteiger partial charge in [-0.3, -0.25) is 4.79 Å². The fourth-order valence-electron chi connectivity index (χ4n) is 3.49. The van der Waals surface area contributed by atoms with Crippen molar-refractivity contribution in [1.29, 1.82) is 0 Å². The summed E-state index contributed by atoms with van der Waals surface area (Å²) in [5.74, 6) is 2.56. The van der Waals surface area contributed by atoms with Crippen LogP contribution in [0.25, 0.3) is 12.2 Å². The summed E-state index contributed by atoms with van der Waals surface area (Å²) in [5, 5.41) is 3.17. The van der Waals surface area contributed by atoms with Crippen LogP contribution in [0.2, 0.25) is 0 Å². The number of hydrogen-bond donors (Lipinski definition) is 2. The molecule has 8 nitrogen and oxygen atoms in total. The van der Waals surface area contributed by atoms with Crippen LogP contribution in [0.5, 0.6) is 28.7 Å². The van der Waals surface area contributed by atoms with E-state index in [0.29, 0.717) is 45.7 Å². The van der Waals surface area contributed by atoms with Crippen LogP contribution < -0.4 is 34.7 Å². The second-order valence-corrected chi connectivity index (χ2v) is 7.55. The van der Waals surface area contributed by atoms with Crippen molar-refractivity contribution in [2.24, 2.45) is 0 Å². The Bertz CT molecular complexity index is 1240. The summed E-state index contributed by atoms with van der Waals surface area (Å²) in [6.45, 7) is 0. The minimum atomic E-state index is -0.155. The van der Waals surface area contributed by atoms with Gasteiger partial charge in [-0.15, -0.1) is 0 Å². The predicted molar refractivity (Wildman–Crippen MR) is 143 cm³/mol. The van der Waals surface area contributed by atoms with E-state index in [1.807, 2.05) is 30.4 Å². The molecule has 3 rings (SSSR count). The number of ketones is 1. The molecule has 0 aliphatic carbocycles. The fourth-order valence-corrected chi connectivity index (χ4v) is 3.49. The molecule has 188 valence electrons. The predicted octanol–water partition coefficient (Wildman–Crippen LogP) is 5.29. The van der Waals surface area contributed by atoms with Gasteiger partial charge in [0.2, 0.25) is 5.75 Å². The molecule has 0 heterocycles. The Labute approximate surface area is 210 Å². The maximum Gasteiger partial charge on any atom is 0.203 e. The fraction of sp³-hybridized carbons (Fsp3) is 0.179. The number of hydrogen-bond acceptors (Lipinski definition) is 8. The molecule has 0 bridgehead atoms. The minimum Gasteiger partial charge on any atom is -0.493 e. The average Bonchev–Trinajstić information content (AvgIpc) is 2.91. The zero-order valence-corrected chi connectivity index (χ0v) is 21.0. The maximum absolute atomic E-state index is 12.5. The molecule has 0 unspecified atom stereocenters. The van der Waals surface area contributed by atoms with Crippen molar-refractivity contribution < 1.29 is 28.5 Å². The van der Waals surface area contributed by atoms with E-state index in [9.17, 15) is 4.79 Å². The van der Waals surface area contributed by atoms with E-state index >= 15 is 0 Å². The van der Waals surface area contributed by atoms with Gasteiger partial charge in [-0.05, 0) is 48.0 Å². The van der Waals surface area contributed by atoms with E-state index in [4.69, 9.17) is 29.4 Å². The van der Waals surface area contributed by atoms with Gasteiger partial charge in [0.25, 0.3) is 0 Å². The van der Waals surface area contributed by atoms with Gasteiger partial charge in [-0.25, -0.2) is 0 Å². The highest BCUT2D eigenvalue weighted by atomic mass is 16.5. The van der Waals surface area contributed by atoms with Crippen LogP contribution in [-0.2, 0) is 0 Å². The highest BCUT2D eigenvalue weighted by molar-refractivity contribution is 6.04. The normalized spacial score (nSPS) is 10.9. The van der Waals surface area contributed by atoms with Crippen molar-refractivity contribution in [3.63, 3.8) is 0 Å². The standard InChI is InChI=1S/C28H30N2O6/c1-32-24-16-20(7-6-18-14-26(34-3)28(36-5)27(15-18)35-4)22(17-25(24)33-2)30-13-12-23(31)19-8-10-21(29)11-9-19/h6-17,30H,29H2,1-5H3. The third kappa shape index (κ3) is 6.09. The van der Waals surface area contributed by atoms with Crippen LogP contribution in [0, 0.1) is 0 Å². The van der Waals surface area contributed by atoms with E-state index < -0.39 is 0 Å². The maximum atomic E-state index is 12.5. The van der Waals surface area contributed by atoms with Crippen molar-refractivity contribution in [2.75, 3.05) is 46.6 Å². The molecule has 0 aliphatic heterocycles. The number of carbonyl (C=O) groups excluding carboxylic acids is 1. The smallest absolute Gasteiger partial charge is 0.203 e. The number of carbonyl (C=O) groups is 1. The van der Waals surface area contributed by atoms with Crippen LogP contribution in [0.15, 0.2) is 60.8 Å². The molecule has 3 aromatic carbocycles. The second kappa shape index (κ2) is 12.2. The summed E-state index contributed by atoms with van der Waals surface area (Å²) in [6, 6.07) is 14.1. The lowest BCUT2D eigenvalue weighted by Crippen LogP contribution is -1.99. The van der Waals surface area contributed by atoms with Gasteiger partial charge in [-0.1, -0.05) is 12.2 Å². The number of rotatable bonds is 11. The van der Waals surface area contributed by atoms with E-state index in [-0.39, 0.29) is 5.78 Å². The summed E-state index contributed by atoms with van der Waals surface area (Å²) >= 11 is 0. The first-order chi connectivity index (χ1) is 17.4.